The molecule has 0 aliphatic rings. The molecule has 0 aliphatic heterocycles. The number of carbonyl (C=O) groups excluding carboxylic acids is 1. The lowest BCUT2D eigenvalue weighted by Gasteiger charge is -1.97. The van der Waals surface area contributed by atoms with Gasteiger partial charge in [0.25, 0.3) is 0 Å². The fourth-order valence-electron chi connectivity index (χ4n) is 0.664. The molecule has 0 atom stereocenters. The molecule has 1 aromatic carbocycles. The van der Waals surface area contributed by atoms with E-state index in [1.165, 1.54) is 0 Å². The van der Waals surface area contributed by atoms with Crippen molar-refractivity contribution < 1.29 is 10.3 Å². The molecule has 1 rings (SSSR count). The minimum absolute atomic E-state index is 0. The summed E-state index contributed by atoms with van der Waals surface area (Å²) in [6.07, 6.45) is 0. The summed E-state index contributed by atoms with van der Waals surface area (Å²) in [4.78, 5) is 10.3. The highest BCUT2D eigenvalue weighted by Crippen LogP contribution is 2.03. The Bertz CT molecular complexity index is 223. The summed E-state index contributed by atoms with van der Waals surface area (Å²) in [5, 5.41) is 2.44. The summed E-state index contributed by atoms with van der Waals surface area (Å²) < 4.78 is 0. The maximum Gasteiger partial charge on any atom is 0.316 e. The predicted octanol–water partition coefficient (Wildman–Crippen LogP) is 0.353. The monoisotopic (exact) mass is 154 g/mol. The third-order valence-electron chi connectivity index (χ3n) is 1.04. The van der Waals surface area contributed by atoms with Crippen LogP contribution in [0, 0.1) is 0 Å². The number of amides is 2. The summed E-state index contributed by atoms with van der Waals surface area (Å²) in [7, 11) is 0. The molecule has 0 radical (unpaired) electrons. The van der Waals surface area contributed by atoms with Gasteiger partial charge >= 0.3 is 6.03 Å². The molecule has 0 heterocycles. The topological polar surface area (TPSA) is 86.6 Å². The van der Waals surface area contributed by atoms with Crippen LogP contribution < -0.4 is 11.1 Å². The van der Waals surface area contributed by atoms with E-state index in [1.54, 1.807) is 12.1 Å². The number of hydrogen-bond acceptors (Lipinski definition) is 1. The SMILES string of the molecule is NC(=O)Nc1ccccc1.O. The molecule has 0 fully saturated rings. The first kappa shape index (κ1) is 9.45. The van der Waals surface area contributed by atoms with Crippen LogP contribution in [-0.4, -0.2) is 11.5 Å². The highest BCUT2D eigenvalue weighted by molar-refractivity contribution is 5.87. The van der Waals surface area contributed by atoms with Crippen LogP contribution in [0.3, 0.4) is 0 Å². The van der Waals surface area contributed by atoms with Crippen LogP contribution in [0.2, 0.25) is 0 Å². The Morgan fingerprint density at radius 3 is 2.27 bits per heavy atom. The highest BCUT2D eigenvalue weighted by Gasteiger charge is 1.90. The molecule has 4 heteroatoms. The van der Waals surface area contributed by atoms with Crippen LogP contribution in [0.15, 0.2) is 30.3 Å². The fourth-order valence-corrected chi connectivity index (χ4v) is 0.664. The number of benzene rings is 1. The molecule has 0 unspecified atom stereocenters. The second-order valence-electron chi connectivity index (χ2n) is 1.86. The number of anilines is 1. The maximum atomic E-state index is 10.3. The van der Waals surface area contributed by atoms with Crippen molar-refractivity contribution in [3.8, 4) is 0 Å². The average Bonchev–Trinajstić information content (AvgIpc) is 1.88. The van der Waals surface area contributed by atoms with E-state index in [0.29, 0.717) is 0 Å². The zero-order valence-corrected chi connectivity index (χ0v) is 5.87. The largest absolute Gasteiger partial charge is 0.412 e. The molecule has 60 valence electrons. The highest BCUT2D eigenvalue weighted by atomic mass is 16.2. The van der Waals surface area contributed by atoms with Crippen LogP contribution in [-0.2, 0) is 0 Å². The van der Waals surface area contributed by atoms with Crippen molar-refractivity contribution in [3.05, 3.63) is 30.3 Å². The van der Waals surface area contributed by atoms with Crippen LogP contribution in [0.4, 0.5) is 10.5 Å². The van der Waals surface area contributed by atoms with Crippen LogP contribution >= 0.6 is 0 Å². The number of rotatable bonds is 1. The van der Waals surface area contributed by atoms with E-state index in [2.05, 4.69) is 5.32 Å². The molecule has 4 nitrogen and oxygen atoms in total. The number of nitrogens with one attached hydrogen (secondary N) is 1. The first-order valence-electron chi connectivity index (χ1n) is 2.90. The Hall–Kier alpha value is -1.55. The maximum absolute atomic E-state index is 10.3. The van der Waals surface area contributed by atoms with Crippen molar-refractivity contribution in [3.63, 3.8) is 0 Å². The lowest BCUT2D eigenvalue weighted by molar-refractivity contribution is 0.259. The molecule has 0 aliphatic carbocycles. The van der Waals surface area contributed by atoms with Gasteiger partial charge in [0.15, 0.2) is 0 Å². The molecule has 2 amide bonds. The smallest absolute Gasteiger partial charge is 0.316 e. The summed E-state index contributed by atoms with van der Waals surface area (Å²) >= 11 is 0. The van der Waals surface area contributed by atoms with Gasteiger partial charge in [0.05, 0.1) is 0 Å². The third-order valence-corrected chi connectivity index (χ3v) is 1.04. The average molecular weight is 154 g/mol. The Morgan fingerprint density at radius 2 is 1.82 bits per heavy atom. The zero-order chi connectivity index (χ0) is 7.40. The van der Waals surface area contributed by atoms with Crippen molar-refractivity contribution >= 4 is 11.7 Å². The van der Waals surface area contributed by atoms with Gasteiger partial charge < -0.3 is 16.5 Å². The zero-order valence-electron chi connectivity index (χ0n) is 5.87. The summed E-state index contributed by atoms with van der Waals surface area (Å²) in [5.41, 5.74) is 5.59. The molecule has 0 aromatic heterocycles. The minimum Gasteiger partial charge on any atom is -0.412 e. The predicted molar refractivity (Wildman–Crippen MR) is 43.3 cm³/mol. The summed E-state index contributed by atoms with van der Waals surface area (Å²) in [6, 6.07) is 8.52. The molecule has 0 saturated carbocycles. The van der Waals surface area contributed by atoms with E-state index in [9.17, 15) is 4.79 Å². The van der Waals surface area contributed by atoms with Crippen LogP contribution in [0.1, 0.15) is 0 Å². The van der Waals surface area contributed by atoms with Crippen molar-refractivity contribution in [2.24, 2.45) is 5.73 Å². The van der Waals surface area contributed by atoms with Crippen molar-refractivity contribution in [1.82, 2.24) is 0 Å². The number of hydrogen-bond donors (Lipinski definition) is 2. The van der Waals surface area contributed by atoms with Gasteiger partial charge in [-0.3, -0.25) is 0 Å². The van der Waals surface area contributed by atoms with Gasteiger partial charge in [-0.25, -0.2) is 4.79 Å². The van der Waals surface area contributed by atoms with E-state index in [-0.39, 0.29) is 5.48 Å². The van der Waals surface area contributed by atoms with Gasteiger partial charge in [-0.05, 0) is 12.1 Å². The van der Waals surface area contributed by atoms with E-state index in [4.69, 9.17) is 5.73 Å². The van der Waals surface area contributed by atoms with E-state index >= 15 is 0 Å². The molecule has 0 spiro atoms. The van der Waals surface area contributed by atoms with Gasteiger partial charge in [0, 0.05) is 5.69 Å². The molecule has 11 heavy (non-hydrogen) atoms. The number of nitrogens with two attached hydrogens (primary N) is 1. The normalized spacial score (nSPS) is 8.00. The summed E-state index contributed by atoms with van der Waals surface area (Å²) in [6.45, 7) is 0. The van der Waals surface area contributed by atoms with Crippen molar-refractivity contribution in [1.29, 1.82) is 0 Å². The number of para-hydroxylation sites is 1. The lowest BCUT2D eigenvalue weighted by atomic mass is 10.3. The Morgan fingerprint density at radius 1 is 1.27 bits per heavy atom. The summed E-state index contributed by atoms with van der Waals surface area (Å²) in [5.74, 6) is 0. The molecular formula is C7H10N2O2. The van der Waals surface area contributed by atoms with Gasteiger partial charge in [0.2, 0.25) is 0 Å². The van der Waals surface area contributed by atoms with Gasteiger partial charge in [0.1, 0.15) is 0 Å². The fraction of sp³-hybridized carbons (Fsp3) is 0. The van der Waals surface area contributed by atoms with Gasteiger partial charge in [-0.2, -0.15) is 0 Å². The Balaban J connectivity index is 0.000001000. The second-order valence-corrected chi connectivity index (χ2v) is 1.86. The van der Waals surface area contributed by atoms with Crippen molar-refractivity contribution in [2.45, 2.75) is 0 Å². The first-order chi connectivity index (χ1) is 4.79. The molecule has 1 aromatic rings. The Labute approximate surface area is 64.3 Å². The molecule has 0 bridgehead atoms. The van der Waals surface area contributed by atoms with Gasteiger partial charge in [-0.1, -0.05) is 18.2 Å². The lowest BCUT2D eigenvalue weighted by Crippen LogP contribution is -2.18. The number of carbonyl (C=O) groups is 1. The first-order valence-corrected chi connectivity index (χ1v) is 2.90. The van der Waals surface area contributed by atoms with Crippen molar-refractivity contribution in [2.75, 3.05) is 5.32 Å². The standard InChI is InChI=1S/C7H8N2O.H2O/c8-7(10)9-6-4-2-1-3-5-6;/h1-5H,(H3,8,9,10);1H2. The molecule has 0 saturated heterocycles. The number of primary amides is 1. The van der Waals surface area contributed by atoms with Crippen LogP contribution in [0.25, 0.3) is 0 Å². The van der Waals surface area contributed by atoms with E-state index in [1.807, 2.05) is 18.2 Å². The van der Waals surface area contributed by atoms with Crippen LogP contribution in [0.5, 0.6) is 0 Å². The third kappa shape index (κ3) is 3.22. The van der Waals surface area contributed by atoms with Gasteiger partial charge in [-0.15, -0.1) is 0 Å². The minimum atomic E-state index is -0.536. The quantitative estimate of drug-likeness (QED) is 0.600. The van der Waals surface area contributed by atoms with E-state index < -0.39 is 6.03 Å². The number of urea groups is 1. The van der Waals surface area contributed by atoms with E-state index in [0.717, 1.165) is 5.69 Å². The molecular weight excluding hydrogens is 144 g/mol. The Kier molecular flexibility index (Phi) is 3.69. The second kappa shape index (κ2) is 4.29. The molecule has 5 N–H and O–H groups in total.